The molecule has 16 heavy (non-hydrogen) atoms. The van der Waals surface area contributed by atoms with Gasteiger partial charge in [0.2, 0.25) is 0 Å². The van der Waals surface area contributed by atoms with Crippen molar-refractivity contribution >= 4 is 19.1 Å². The fourth-order valence-corrected chi connectivity index (χ4v) is 2.37. The predicted octanol–water partition coefficient (Wildman–Crippen LogP) is 2.16. The Hall–Kier alpha value is -1.12. The molecular formula is C13H14BFO. The predicted molar refractivity (Wildman–Crippen MR) is 62.8 cm³/mol. The molecule has 0 N–H and O–H groups in total. The van der Waals surface area contributed by atoms with Gasteiger partial charge in [-0.15, -0.1) is 0 Å². The maximum atomic E-state index is 13.7. The molecule has 1 aliphatic carbocycles. The van der Waals surface area contributed by atoms with Crippen LogP contribution in [0.1, 0.15) is 42.1 Å². The van der Waals surface area contributed by atoms with E-state index in [2.05, 4.69) is 6.92 Å². The zero-order chi connectivity index (χ0) is 11.7. The molecule has 0 aromatic heterocycles. The molecule has 0 saturated carbocycles. The first-order chi connectivity index (χ1) is 7.61. The zero-order valence-corrected chi connectivity index (χ0v) is 9.42. The van der Waals surface area contributed by atoms with Gasteiger partial charge in [-0.3, -0.25) is 4.79 Å². The van der Waals surface area contributed by atoms with Crippen molar-refractivity contribution in [3.63, 3.8) is 0 Å². The summed E-state index contributed by atoms with van der Waals surface area (Å²) in [5.74, 6) is -0.158. The number of rotatable bonds is 1. The molecule has 1 aromatic carbocycles. The maximum absolute atomic E-state index is 13.7. The quantitative estimate of drug-likeness (QED) is 0.519. The highest BCUT2D eigenvalue weighted by Gasteiger charge is 2.24. The van der Waals surface area contributed by atoms with E-state index in [9.17, 15) is 9.18 Å². The monoisotopic (exact) mass is 216 g/mol. The van der Waals surface area contributed by atoms with Crippen molar-refractivity contribution in [3.05, 3.63) is 29.1 Å². The van der Waals surface area contributed by atoms with Gasteiger partial charge in [0.05, 0.1) is 5.56 Å². The molecule has 1 aliphatic rings. The molecule has 0 saturated heterocycles. The lowest BCUT2D eigenvalue weighted by atomic mass is 9.90. The minimum atomic E-state index is -0.461. The Kier molecular flexibility index (Phi) is 3.13. The van der Waals surface area contributed by atoms with Gasteiger partial charge in [0.1, 0.15) is 13.7 Å². The summed E-state index contributed by atoms with van der Waals surface area (Å²) >= 11 is 0. The summed E-state index contributed by atoms with van der Waals surface area (Å²) in [4.78, 5) is 11.9. The van der Waals surface area contributed by atoms with E-state index in [0.717, 1.165) is 24.8 Å². The Labute approximate surface area is 96.5 Å². The van der Waals surface area contributed by atoms with Crippen molar-refractivity contribution in [1.29, 1.82) is 0 Å². The molecule has 0 amide bonds. The van der Waals surface area contributed by atoms with Crippen LogP contribution in [0.2, 0.25) is 0 Å². The van der Waals surface area contributed by atoms with E-state index >= 15 is 0 Å². The molecule has 0 bridgehead atoms. The topological polar surface area (TPSA) is 17.1 Å². The SMILES string of the molecule is [B]c1cc(F)c2c(c1)CCC(CC)CC2=O. The number of carbonyl (C=O) groups is 1. The van der Waals surface area contributed by atoms with Crippen LogP contribution in [-0.4, -0.2) is 13.6 Å². The fraction of sp³-hybridized carbons (Fsp3) is 0.462. The molecule has 1 aromatic rings. The summed E-state index contributed by atoms with van der Waals surface area (Å²) in [5, 5.41) is 0. The molecule has 1 atom stereocenters. The van der Waals surface area contributed by atoms with E-state index in [-0.39, 0.29) is 11.3 Å². The standard InChI is InChI=1S/C13H14BFO/c1-2-8-3-4-9-6-10(14)7-11(15)13(9)12(16)5-8/h6-8H,2-5H2,1H3. The van der Waals surface area contributed by atoms with Crippen LogP contribution < -0.4 is 5.46 Å². The van der Waals surface area contributed by atoms with Crippen LogP contribution >= 0.6 is 0 Å². The minimum Gasteiger partial charge on any atom is -0.294 e. The van der Waals surface area contributed by atoms with Crippen molar-refractivity contribution in [1.82, 2.24) is 0 Å². The molecule has 1 nitrogen and oxygen atoms in total. The average Bonchev–Trinajstić information content (AvgIpc) is 2.37. The van der Waals surface area contributed by atoms with E-state index in [1.54, 1.807) is 6.07 Å². The number of Topliss-reactive ketones (excluding diaryl/α,β-unsaturated/α-hetero) is 1. The highest BCUT2D eigenvalue weighted by Crippen LogP contribution is 2.27. The number of aryl methyl sites for hydroxylation is 1. The molecule has 0 aliphatic heterocycles. The van der Waals surface area contributed by atoms with E-state index < -0.39 is 5.82 Å². The molecule has 0 fully saturated rings. The average molecular weight is 216 g/mol. The number of carbonyl (C=O) groups excluding carboxylic acids is 1. The molecule has 2 radical (unpaired) electrons. The normalized spacial score (nSPS) is 20.4. The van der Waals surface area contributed by atoms with Gasteiger partial charge in [-0.05, 0) is 30.4 Å². The molecule has 82 valence electrons. The smallest absolute Gasteiger partial charge is 0.166 e. The summed E-state index contributed by atoms with van der Waals surface area (Å²) in [7, 11) is 5.60. The second kappa shape index (κ2) is 4.40. The maximum Gasteiger partial charge on any atom is 0.166 e. The number of benzene rings is 1. The van der Waals surface area contributed by atoms with Crippen LogP contribution in [0.4, 0.5) is 4.39 Å². The van der Waals surface area contributed by atoms with Crippen LogP contribution in [0, 0.1) is 11.7 Å². The summed E-state index contributed by atoms with van der Waals surface area (Å²) in [6, 6.07) is 2.97. The lowest BCUT2D eigenvalue weighted by Gasteiger charge is -2.08. The van der Waals surface area contributed by atoms with Gasteiger partial charge in [0.25, 0.3) is 0 Å². The third kappa shape index (κ3) is 2.04. The van der Waals surface area contributed by atoms with E-state index in [4.69, 9.17) is 7.85 Å². The minimum absolute atomic E-state index is 0.0724. The van der Waals surface area contributed by atoms with Gasteiger partial charge in [-0.25, -0.2) is 4.39 Å². The zero-order valence-electron chi connectivity index (χ0n) is 9.42. The number of halogens is 1. The van der Waals surface area contributed by atoms with Crippen molar-refractivity contribution in [2.75, 3.05) is 0 Å². The number of hydrogen-bond donors (Lipinski definition) is 0. The summed E-state index contributed by atoms with van der Waals surface area (Å²) < 4.78 is 13.7. The van der Waals surface area contributed by atoms with Gasteiger partial charge >= 0.3 is 0 Å². The van der Waals surface area contributed by atoms with Crippen LogP contribution in [0.5, 0.6) is 0 Å². The lowest BCUT2D eigenvalue weighted by Crippen LogP contribution is -2.12. The van der Waals surface area contributed by atoms with Gasteiger partial charge in [-0.1, -0.05) is 24.9 Å². The van der Waals surface area contributed by atoms with Crippen molar-refractivity contribution in [3.8, 4) is 0 Å². The Morgan fingerprint density at radius 3 is 2.94 bits per heavy atom. The van der Waals surface area contributed by atoms with Crippen LogP contribution in [0.25, 0.3) is 0 Å². The van der Waals surface area contributed by atoms with Crippen molar-refractivity contribution < 1.29 is 9.18 Å². The van der Waals surface area contributed by atoms with Crippen LogP contribution in [0.3, 0.4) is 0 Å². The van der Waals surface area contributed by atoms with E-state index in [1.165, 1.54) is 6.07 Å². The van der Waals surface area contributed by atoms with Gasteiger partial charge < -0.3 is 0 Å². The van der Waals surface area contributed by atoms with Crippen molar-refractivity contribution in [2.45, 2.75) is 32.6 Å². The highest BCUT2D eigenvalue weighted by atomic mass is 19.1. The summed E-state index contributed by atoms with van der Waals surface area (Å²) in [5.41, 5.74) is 1.45. The molecule has 0 spiro atoms. The highest BCUT2D eigenvalue weighted by molar-refractivity contribution is 6.32. The first kappa shape index (κ1) is 11.4. The second-order valence-electron chi connectivity index (χ2n) is 4.48. The number of ketones is 1. The lowest BCUT2D eigenvalue weighted by molar-refractivity contribution is 0.0959. The third-order valence-corrected chi connectivity index (χ3v) is 3.35. The number of hydrogen-bond acceptors (Lipinski definition) is 1. The van der Waals surface area contributed by atoms with E-state index in [1.807, 2.05) is 0 Å². The van der Waals surface area contributed by atoms with Gasteiger partial charge in [0, 0.05) is 6.42 Å². The second-order valence-corrected chi connectivity index (χ2v) is 4.48. The molecule has 2 rings (SSSR count). The van der Waals surface area contributed by atoms with Crippen molar-refractivity contribution in [2.24, 2.45) is 5.92 Å². The van der Waals surface area contributed by atoms with Gasteiger partial charge in [-0.2, -0.15) is 0 Å². The van der Waals surface area contributed by atoms with Crippen LogP contribution in [0.15, 0.2) is 12.1 Å². The first-order valence-electron chi connectivity index (χ1n) is 5.73. The van der Waals surface area contributed by atoms with E-state index in [0.29, 0.717) is 17.8 Å². The fourth-order valence-electron chi connectivity index (χ4n) is 2.37. The Bertz CT molecular complexity index is 428. The Morgan fingerprint density at radius 2 is 2.25 bits per heavy atom. The summed E-state index contributed by atoms with van der Waals surface area (Å²) in [6.07, 6.45) is 3.13. The molecule has 1 unspecified atom stereocenters. The molecule has 0 heterocycles. The summed E-state index contributed by atoms with van der Waals surface area (Å²) in [6.45, 7) is 2.07. The molecule has 3 heteroatoms. The number of fused-ring (bicyclic) bond motifs is 1. The van der Waals surface area contributed by atoms with Crippen LogP contribution in [-0.2, 0) is 6.42 Å². The Balaban J connectivity index is 2.45. The third-order valence-electron chi connectivity index (χ3n) is 3.35. The first-order valence-corrected chi connectivity index (χ1v) is 5.73. The largest absolute Gasteiger partial charge is 0.294 e. The van der Waals surface area contributed by atoms with Gasteiger partial charge in [0.15, 0.2) is 5.78 Å². The molecular weight excluding hydrogens is 202 g/mol. The Morgan fingerprint density at radius 1 is 1.50 bits per heavy atom.